The first-order valence-electron chi connectivity index (χ1n) is 5.63. The molecule has 0 fully saturated rings. The van der Waals surface area contributed by atoms with Crippen LogP contribution in [0.25, 0.3) is 0 Å². The van der Waals surface area contributed by atoms with Gasteiger partial charge in [0.05, 0.1) is 0 Å². The van der Waals surface area contributed by atoms with Crippen LogP contribution in [0.3, 0.4) is 0 Å². The third-order valence-electron chi connectivity index (χ3n) is 2.74. The minimum Gasteiger partial charge on any atom is -0.454 e. The largest absolute Gasteiger partial charge is 0.454 e. The smallest absolute Gasteiger partial charge is 0.231 e. The Balaban J connectivity index is 1.98. The molecule has 0 bridgehead atoms. The number of fused-ring (bicyclic) bond motifs is 1. The van der Waals surface area contributed by atoms with Crippen molar-refractivity contribution in [2.75, 3.05) is 6.79 Å². The van der Waals surface area contributed by atoms with Gasteiger partial charge in [-0.1, -0.05) is 17.7 Å². The second kappa shape index (κ2) is 5.06. The molecule has 0 amide bonds. The van der Waals surface area contributed by atoms with Crippen LogP contribution in [-0.2, 0) is 6.42 Å². The molecule has 1 aromatic carbocycles. The zero-order valence-electron chi connectivity index (χ0n) is 9.66. The summed E-state index contributed by atoms with van der Waals surface area (Å²) >= 11 is 0. The predicted molar refractivity (Wildman–Crippen MR) is 64.6 cm³/mol. The van der Waals surface area contributed by atoms with Crippen molar-refractivity contribution in [3.05, 3.63) is 42.3 Å². The molecule has 85 valence electrons. The van der Waals surface area contributed by atoms with E-state index in [2.05, 4.69) is 32.1 Å². The summed E-state index contributed by atoms with van der Waals surface area (Å²) in [7, 11) is 0. The molecule has 0 spiro atoms. The van der Waals surface area contributed by atoms with Gasteiger partial charge in [-0.05, 0) is 50.8 Å². The minimum absolute atomic E-state index is 0.346. The Morgan fingerprint density at radius 3 is 3.00 bits per heavy atom. The number of allylic oxidation sites excluding steroid dienone is 2. The van der Waals surface area contributed by atoms with Crippen LogP contribution in [0.4, 0.5) is 0 Å². The van der Waals surface area contributed by atoms with Crippen molar-refractivity contribution < 1.29 is 9.47 Å². The molecule has 0 saturated carbocycles. The van der Waals surface area contributed by atoms with Crippen molar-refractivity contribution in [1.29, 1.82) is 0 Å². The van der Waals surface area contributed by atoms with Crippen molar-refractivity contribution in [2.24, 2.45) is 0 Å². The molecular formula is C14H17O2. The number of hydrogen-bond donors (Lipinski definition) is 0. The fraction of sp³-hybridized carbons (Fsp3) is 0.357. The van der Waals surface area contributed by atoms with Crippen LogP contribution in [0.2, 0.25) is 0 Å². The van der Waals surface area contributed by atoms with Crippen LogP contribution >= 0.6 is 0 Å². The summed E-state index contributed by atoms with van der Waals surface area (Å²) in [6.07, 6.45) is 5.16. The summed E-state index contributed by atoms with van der Waals surface area (Å²) in [4.78, 5) is 0. The van der Waals surface area contributed by atoms with Crippen LogP contribution in [0.1, 0.15) is 25.3 Å². The summed E-state index contributed by atoms with van der Waals surface area (Å²) < 4.78 is 10.6. The summed E-state index contributed by atoms with van der Waals surface area (Å²) in [5, 5.41) is 0. The lowest BCUT2D eigenvalue weighted by molar-refractivity contribution is 0.174. The Labute approximate surface area is 96.9 Å². The molecule has 0 N–H and O–H groups in total. The molecule has 0 atom stereocenters. The molecule has 2 heteroatoms. The average Bonchev–Trinajstić information content (AvgIpc) is 2.74. The van der Waals surface area contributed by atoms with E-state index in [-0.39, 0.29) is 0 Å². The van der Waals surface area contributed by atoms with Crippen LogP contribution in [0.15, 0.2) is 29.8 Å². The van der Waals surface area contributed by atoms with E-state index in [9.17, 15) is 0 Å². The van der Waals surface area contributed by atoms with Gasteiger partial charge < -0.3 is 9.47 Å². The highest BCUT2D eigenvalue weighted by molar-refractivity contribution is 5.44. The minimum atomic E-state index is 0.346. The van der Waals surface area contributed by atoms with E-state index in [1.54, 1.807) is 0 Å². The van der Waals surface area contributed by atoms with Crippen LogP contribution < -0.4 is 9.47 Å². The second-order valence-corrected chi connectivity index (χ2v) is 4.03. The van der Waals surface area contributed by atoms with Gasteiger partial charge in [0, 0.05) is 0 Å². The summed E-state index contributed by atoms with van der Waals surface area (Å²) in [5.41, 5.74) is 2.69. The average molecular weight is 217 g/mol. The fourth-order valence-corrected chi connectivity index (χ4v) is 1.79. The van der Waals surface area contributed by atoms with E-state index < -0.39 is 0 Å². The molecule has 1 radical (unpaired) electrons. The quantitative estimate of drug-likeness (QED) is 0.718. The van der Waals surface area contributed by atoms with Crippen LogP contribution in [0.5, 0.6) is 11.5 Å². The highest BCUT2D eigenvalue weighted by Gasteiger charge is 2.12. The van der Waals surface area contributed by atoms with E-state index in [4.69, 9.17) is 9.47 Å². The Hall–Kier alpha value is -1.44. The molecule has 1 aliphatic rings. The Bertz CT molecular complexity index is 394. The van der Waals surface area contributed by atoms with Gasteiger partial charge in [-0.3, -0.25) is 0 Å². The first-order chi connectivity index (χ1) is 7.79. The lowest BCUT2D eigenvalue weighted by atomic mass is 10.0. The molecule has 0 saturated heterocycles. The van der Waals surface area contributed by atoms with E-state index in [0.29, 0.717) is 6.79 Å². The van der Waals surface area contributed by atoms with Gasteiger partial charge in [0.15, 0.2) is 11.5 Å². The van der Waals surface area contributed by atoms with Gasteiger partial charge in [0.2, 0.25) is 6.79 Å². The molecule has 2 rings (SSSR count). The van der Waals surface area contributed by atoms with Gasteiger partial charge in [-0.2, -0.15) is 0 Å². The van der Waals surface area contributed by atoms with Crippen molar-refractivity contribution in [3.8, 4) is 11.5 Å². The highest BCUT2D eigenvalue weighted by atomic mass is 16.7. The number of hydrogen-bond acceptors (Lipinski definition) is 2. The number of ether oxygens (including phenoxy) is 2. The van der Waals surface area contributed by atoms with Crippen molar-refractivity contribution >= 4 is 0 Å². The number of benzene rings is 1. The fourth-order valence-electron chi connectivity index (χ4n) is 1.79. The normalized spacial score (nSPS) is 14.2. The van der Waals surface area contributed by atoms with Crippen molar-refractivity contribution in [1.82, 2.24) is 0 Å². The number of rotatable bonds is 4. The maximum atomic E-state index is 5.35. The monoisotopic (exact) mass is 217 g/mol. The summed E-state index contributed by atoms with van der Waals surface area (Å²) in [5.74, 6) is 1.73. The maximum Gasteiger partial charge on any atom is 0.231 e. The number of aryl methyl sites for hydroxylation is 1. The van der Waals surface area contributed by atoms with Crippen molar-refractivity contribution in [3.63, 3.8) is 0 Å². The predicted octanol–water partition coefficient (Wildman–Crippen LogP) is 3.52. The van der Waals surface area contributed by atoms with E-state index in [1.807, 2.05) is 6.07 Å². The maximum absolute atomic E-state index is 5.35. The molecular weight excluding hydrogens is 200 g/mol. The van der Waals surface area contributed by atoms with E-state index >= 15 is 0 Å². The molecule has 1 aliphatic heterocycles. The van der Waals surface area contributed by atoms with E-state index in [1.165, 1.54) is 11.1 Å². The van der Waals surface area contributed by atoms with Gasteiger partial charge in [0.25, 0.3) is 0 Å². The Morgan fingerprint density at radius 2 is 2.19 bits per heavy atom. The van der Waals surface area contributed by atoms with Gasteiger partial charge in [-0.25, -0.2) is 0 Å². The van der Waals surface area contributed by atoms with Crippen LogP contribution in [-0.4, -0.2) is 6.79 Å². The molecule has 16 heavy (non-hydrogen) atoms. The highest BCUT2D eigenvalue weighted by Crippen LogP contribution is 2.32. The van der Waals surface area contributed by atoms with Gasteiger partial charge in [-0.15, -0.1) is 0 Å². The molecule has 0 aromatic heterocycles. The van der Waals surface area contributed by atoms with Crippen LogP contribution in [0, 0.1) is 6.92 Å². The first-order valence-corrected chi connectivity index (χ1v) is 5.63. The Morgan fingerprint density at radius 1 is 1.38 bits per heavy atom. The zero-order valence-corrected chi connectivity index (χ0v) is 9.66. The standard InChI is InChI=1S/C14H17O2/c1-3-4-11(2)5-6-12-7-8-13-14(9-12)16-10-15-13/h4,7-9H,1,3,5-6,10H2,2H3. The first kappa shape index (κ1) is 11.1. The summed E-state index contributed by atoms with van der Waals surface area (Å²) in [6, 6.07) is 6.16. The molecule has 1 heterocycles. The van der Waals surface area contributed by atoms with E-state index in [0.717, 1.165) is 30.8 Å². The lowest BCUT2D eigenvalue weighted by Crippen LogP contribution is -1.93. The SMILES string of the molecule is [CH2]CC=C(C)CCc1ccc2c(c1)OCO2. The molecule has 1 aromatic rings. The third kappa shape index (κ3) is 2.57. The van der Waals surface area contributed by atoms with Gasteiger partial charge >= 0.3 is 0 Å². The third-order valence-corrected chi connectivity index (χ3v) is 2.74. The van der Waals surface area contributed by atoms with Crippen molar-refractivity contribution in [2.45, 2.75) is 26.2 Å². The Kier molecular flexibility index (Phi) is 3.50. The summed E-state index contributed by atoms with van der Waals surface area (Å²) in [6.45, 7) is 6.31. The lowest BCUT2D eigenvalue weighted by Gasteiger charge is -2.03. The topological polar surface area (TPSA) is 18.5 Å². The molecule has 0 aliphatic carbocycles. The molecule has 0 unspecified atom stereocenters. The zero-order chi connectivity index (χ0) is 11.4. The second-order valence-electron chi connectivity index (χ2n) is 4.03. The van der Waals surface area contributed by atoms with Gasteiger partial charge in [0.1, 0.15) is 0 Å². The molecule has 2 nitrogen and oxygen atoms in total.